The van der Waals surface area contributed by atoms with Crippen molar-refractivity contribution in [1.29, 1.82) is 0 Å². The SMILES string of the molecule is CC(C1CC1)N(C)CC1Cc2ccccc2N1. The molecule has 1 fully saturated rings. The lowest BCUT2D eigenvalue weighted by atomic mass is 10.1. The third-order valence-corrected chi connectivity index (χ3v) is 4.35. The van der Waals surface area contributed by atoms with E-state index in [1.54, 1.807) is 0 Å². The lowest BCUT2D eigenvalue weighted by Crippen LogP contribution is -2.39. The summed E-state index contributed by atoms with van der Waals surface area (Å²) in [6, 6.07) is 10.0. The Labute approximate surface area is 104 Å². The topological polar surface area (TPSA) is 15.3 Å². The fourth-order valence-corrected chi connectivity index (χ4v) is 2.94. The lowest BCUT2D eigenvalue weighted by molar-refractivity contribution is 0.226. The molecule has 1 saturated carbocycles. The number of rotatable bonds is 4. The van der Waals surface area contributed by atoms with Crippen LogP contribution in [0.2, 0.25) is 0 Å². The van der Waals surface area contributed by atoms with Crippen molar-refractivity contribution in [3.8, 4) is 0 Å². The number of para-hydroxylation sites is 1. The number of hydrogen-bond acceptors (Lipinski definition) is 2. The fourth-order valence-electron chi connectivity index (χ4n) is 2.94. The molecule has 2 heteroatoms. The van der Waals surface area contributed by atoms with Crippen LogP contribution in [0.3, 0.4) is 0 Å². The highest BCUT2D eigenvalue weighted by atomic mass is 15.2. The molecule has 92 valence electrons. The van der Waals surface area contributed by atoms with Crippen LogP contribution in [0.25, 0.3) is 0 Å². The van der Waals surface area contributed by atoms with Crippen LogP contribution >= 0.6 is 0 Å². The molecule has 1 heterocycles. The van der Waals surface area contributed by atoms with Crippen molar-refractivity contribution in [2.24, 2.45) is 5.92 Å². The van der Waals surface area contributed by atoms with Crippen LogP contribution < -0.4 is 5.32 Å². The first-order chi connectivity index (χ1) is 8.24. The van der Waals surface area contributed by atoms with E-state index in [1.807, 2.05) is 0 Å². The molecule has 17 heavy (non-hydrogen) atoms. The van der Waals surface area contributed by atoms with Crippen LogP contribution in [0.1, 0.15) is 25.3 Å². The van der Waals surface area contributed by atoms with E-state index in [1.165, 1.54) is 30.5 Å². The molecule has 2 nitrogen and oxygen atoms in total. The van der Waals surface area contributed by atoms with Gasteiger partial charge in [-0.1, -0.05) is 18.2 Å². The van der Waals surface area contributed by atoms with Crippen molar-refractivity contribution < 1.29 is 0 Å². The largest absolute Gasteiger partial charge is 0.380 e. The van der Waals surface area contributed by atoms with E-state index in [0.717, 1.165) is 18.5 Å². The van der Waals surface area contributed by atoms with Crippen LogP contribution in [-0.2, 0) is 6.42 Å². The fraction of sp³-hybridized carbons (Fsp3) is 0.600. The molecular weight excluding hydrogens is 208 g/mol. The van der Waals surface area contributed by atoms with E-state index < -0.39 is 0 Å². The van der Waals surface area contributed by atoms with Gasteiger partial charge in [-0.05, 0) is 50.8 Å². The molecule has 3 rings (SSSR count). The molecule has 0 amide bonds. The van der Waals surface area contributed by atoms with Gasteiger partial charge in [-0.25, -0.2) is 0 Å². The van der Waals surface area contributed by atoms with Gasteiger partial charge in [-0.3, -0.25) is 0 Å². The van der Waals surface area contributed by atoms with E-state index in [0.29, 0.717) is 6.04 Å². The van der Waals surface area contributed by atoms with Crippen molar-refractivity contribution in [3.05, 3.63) is 29.8 Å². The maximum atomic E-state index is 3.64. The van der Waals surface area contributed by atoms with Crippen molar-refractivity contribution in [1.82, 2.24) is 4.90 Å². The second-order valence-electron chi connectivity index (χ2n) is 5.72. The summed E-state index contributed by atoms with van der Waals surface area (Å²) in [5, 5.41) is 3.64. The molecule has 1 aromatic rings. The molecule has 0 saturated heterocycles. The zero-order valence-electron chi connectivity index (χ0n) is 10.8. The van der Waals surface area contributed by atoms with Gasteiger partial charge in [-0.15, -0.1) is 0 Å². The smallest absolute Gasteiger partial charge is 0.0429 e. The maximum absolute atomic E-state index is 3.64. The van der Waals surface area contributed by atoms with Crippen LogP contribution in [0, 0.1) is 5.92 Å². The Balaban J connectivity index is 1.58. The normalized spacial score (nSPS) is 24.5. The zero-order valence-corrected chi connectivity index (χ0v) is 10.8. The number of fused-ring (bicyclic) bond motifs is 1. The summed E-state index contributed by atoms with van der Waals surface area (Å²) in [4.78, 5) is 2.53. The van der Waals surface area contributed by atoms with E-state index in [-0.39, 0.29) is 0 Å². The Morgan fingerprint density at radius 2 is 2.12 bits per heavy atom. The molecule has 2 unspecified atom stereocenters. The summed E-state index contributed by atoms with van der Waals surface area (Å²) in [5.74, 6) is 0.962. The predicted octanol–water partition coefficient (Wildman–Crippen LogP) is 2.75. The van der Waals surface area contributed by atoms with Gasteiger partial charge in [0, 0.05) is 24.3 Å². The molecule has 2 atom stereocenters. The third kappa shape index (κ3) is 2.32. The quantitative estimate of drug-likeness (QED) is 0.855. The van der Waals surface area contributed by atoms with Gasteiger partial charge in [-0.2, -0.15) is 0 Å². The molecular formula is C15H22N2. The first kappa shape index (κ1) is 11.1. The molecule has 1 aromatic carbocycles. The predicted molar refractivity (Wildman–Crippen MR) is 72.4 cm³/mol. The molecule has 1 aliphatic carbocycles. The van der Waals surface area contributed by atoms with Crippen LogP contribution in [-0.4, -0.2) is 30.6 Å². The van der Waals surface area contributed by atoms with Gasteiger partial charge in [0.1, 0.15) is 0 Å². The highest BCUT2D eigenvalue weighted by Crippen LogP contribution is 2.35. The number of anilines is 1. The highest BCUT2D eigenvalue weighted by Gasteiger charge is 2.32. The molecule has 1 aliphatic heterocycles. The summed E-state index contributed by atoms with van der Waals surface area (Å²) in [6.07, 6.45) is 4.05. The molecule has 1 N–H and O–H groups in total. The number of nitrogens with zero attached hydrogens (tertiary/aromatic N) is 1. The summed E-state index contributed by atoms with van der Waals surface area (Å²) in [7, 11) is 2.27. The average molecular weight is 230 g/mol. The monoisotopic (exact) mass is 230 g/mol. The molecule has 2 aliphatic rings. The Kier molecular flexibility index (Phi) is 2.83. The molecule has 0 radical (unpaired) electrons. The van der Waals surface area contributed by atoms with Crippen molar-refractivity contribution >= 4 is 5.69 Å². The number of nitrogens with one attached hydrogen (secondary N) is 1. The average Bonchev–Trinajstić information content (AvgIpc) is 3.08. The number of benzene rings is 1. The van der Waals surface area contributed by atoms with Crippen LogP contribution in [0.4, 0.5) is 5.69 Å². The van der Waals surface area contributed by atoms with Crippen molar-refractivity contribution in [3.63, 3.8) is 0 Å². The number of hydrogen-bond donors (Lipinski definition) is 1. The van der Waals surface area contributed by atoms with Gasteiger partial charge in [0.25, 0.3) is 0 Å². The standard InChI is InChI=1S/C15H22N2/c1-11(12-7-8-12)17(2)10-14-9-13-5-3-4-6-15(13)16-14/h3-6,11-12,14,16H,7-10H2,1-2H3. The minimum Gasteiger partial charge on any atom is -0.380 e. The second kappa shape index (κ2) is 4.34. The Hall–Kier alpha value is -1.02. The summed E-state index contributed by atoms with van der Waals surface area (Å²) in [5.41, 5.74) is 2.81. The van der Waals surface area contributed by atoms with E-state index in [9.17, 15) is 0 Å². The summed E-state index contributed by atoms with van der Waals surface area (Å²) < 4.78 is 0. The Morgan fingerprint density at radius 3 is 2.82 bits per heavy atom. The van der Waals surface area contributed by atoms with E-state index in [2.05, 4.69) is 48.5 Å². The van der Waals surface area contributed by atoms with Crippen LogP contribution in [0.5, 0.6) is 0 Å². The highest BCUT2D eigenvalue weighted by molar-refractivity contribution is 5.56. The summed E-state index contributed by atoms with van der Waals surface area (Å²) >= 11 is 0. The van der Waals surface area contributed by atoms with Gasteiger partial charge >= 0.3 is 0 Å². The Morgan fingerprint density at radius 1 is 1.35 bits per heavy atom. The van der Waals surface area contributed by atoms with Crippen molar-refractivity contribution in [2.75, 3.05) is 18.9 Å². The number of likely N-dealkylation sites (N-methyl/N-ethyl adjacent to an activating group) is 1. The van der Waals surface area contributed by atoms with Gasteiger partial charge in [0.15, 0.2) is 0 Å². The minimum atomic E-state index is 0.596. The zero-order chi connectivity index (χ0) is 11.8. The molecule has 0 aromatic heterocycles. The lowest BCUT2D eigenvalue weighted by Gasteiger charge is -2.27. The van der Waals surface area contributed by atoms with Crippen molar-refractivity contribution in [2.45, 2.75) is 38.3 Å². The second-order valence-corrected chi connectivity index (χ2v) is 5.72. The minimum absolute atomic E-state index is 0.596. The van der Waals surface area contributed by atoms with E-state index >= 15 is 0 Å². The molecule has 0 spiro atoms. The maximum Gasteiger partial charge on any atom is 0.0429 e. The van der Waals surface area contributed by atoms with Crippen LogP contribution in [0.15, 0.2) is 24.3 Å². The van der Waals surface area contributed by atoms with Gasteiger partial charge < -0.3 is 10.2 Å². The molecule has 0 bridgehead atoms. The first-order valence-electron chi connectivity index (χ1n) is 6.78. The van der Waals surface area contributed by atoms with E-state index in [4.69, 9.17) is 0 Å². The Bertz CT molecular complexity index is 373. The van der Waals surface area contributed by atoms with Gasteiger partial charge in [0.2, 0.25) is 0 Å². The summed E-state index contributed by atoms with van der Waals surface area (Å²) in [6.45, 7) is 3.53. The van der Waals surface area contributed by atoms with Gasteiger partial charge in [0.05, 0.1) is 0 Å². The third-order valence-electron chi connectivity index (χ3n) is 4.35. The first-order valence-corrected chi connectivity index (χ1v) is 6.78.